The van der Waals surface area contributed by atoms with Crippen LogP contribution < -0.4 is 0 Å². The summed E-state index contributed by atoms with van der Waals surface area (Å²) in [5.74, 6) is 1.56. The van der Waals surface area contributed by atoms with Crippen molar-refractivity contribution >= 4 is 28.6 Å². The number of thiazole rings is 1. The third-order valence-electron chi connectivity index (χ3n) is 5.32. The standard InChI is InChI=1S/C21H20ClN5S/c22-17-6-4-16(5-7-17)21-23-18(14-28-21)13-26-11-8-15(9-12-26)20-25-24-19-3-1-2-10-27(19)20/h1-7,10,14-15H,8-9,11-13H2. The molecule has 0 bridgehead atoms. The fourth-order valence-corrected chi connectivity index (χ4v) is 4.76. The third kappa shape index (κ3) is 3.55. The van der Waals surface area contributed by atoms with Crippen molar-refractivity contribution < 1.29 is 0 Å². The van der Waals surface area contributed by atoms with Gasteiger partial charge >= 0.3 is 0 Å². The second kappa shape index (κ2) is 7.62. The molecule has 0 N–H and O–H groups in total. The van der Waals surface area contributed by atoms with Crippen LogP contribution in [0.25, 0.3) is 16.2 Å². The molecule has 0 amide bonds. The molecule has 28 heavy (non-hydrogen) atoms. The summed E-state index contributed by atoms with van der Waals surface area (Å²) in [6.45, 7) is 3.01. The van der Waals surface area contributed by atoms with E-state index >= 15 is 0 Å². The quantitative estimate of drug-likeness (QED) is 0.481. The minimum absolute atomic E-state index is 0.466. The Morgan fingerprint density at radius 3 is 2.68 bits per heavy atom. The van der Waals surface area contributed by atoms with Crippen molar-refractivity contribution in [1.29, 1.82) is 0 Å². The van der Waals surface area contributed by atoms with Crippen LogP contribution in [-0.2, 0) is 6.54 Å². The van der Waals surface area contributed by atoms with Gasteiger partial charge in [-0.25, -0.2) is 4.98 Å². The van der Waals surface area contributed by atoms with Crippen LogP contribution in [0.15, 0.2) is 54.0 Å². The average molecular weight is 410 g/mol. The van der Waals surface area contributed by atoms with Gasteiger partial charge in [-0.15, -0.1) is 21.5 Å². The molecule has 3 aromatic heterocycles. The van der Waals surface area contributed by atoms with Crippen molar-refractivity contribution in [2.45, 2.75) is 25.3 Å². The van der Waals surface area contributed by atoms with Gasteiger partial charge in [-0.2, -0.15) is 0 Å². The summed E-state index contributed by atoms with van der Waals surface area (Å²) < 4.78 is 2.12. The number of hydrogen-bond donors (Lipinski definition) is 0. The second-order valence-corrected chi connectivity index (χ2v) is 8.48. The molecule has 0 spiro atoms. The monoisotopic (exact) mass is 409 g/mol. The van der Waals surface area contributed by atoms with E-state index in [4.69, 9.17) is 16.6 Å². The molecule has 1 aromatic carbocycles. The molecule has 7 heteroatoms. The summed E-state index contributed by atoms with van der Waals surface area (Å²) in [6, 6.07) is 13.9. The molecular weight excluding hydrogens is 390 g/mol. The van der Waals surface area contributed by atoms with Gasteiger partial charge < -0.3 is 0 Å². The summed E-state index contributed by atoms with van der Waals surface area (Å²) in [7, 11) is 0. The number of fused-ring (bicyclic) bond motifs is 1. The lowest BCUT2D eigenvalue weighted by Crippen LogP contribution is -2.33. The zero-order valence-electron chi connectivity index (χ0n) is 15.3. The number of nitrogens with zero attached hydrogens (tertiary/aromatic N) is 5. The predicted molar refractivity (Wildman–Crippen MR) is 113 cm³/mol. The fourth-order valence-electron chi connectivity index (χ4n) is 3.82. The van der Waals surface area contributed by atoms with Crippen molar-refractivity contribution in [3.8, 4) is 10.6 Å². The summed E-state index contributed by atoms with van der Waals surface area (Å²) in [5, 5.41) is 12.7. The van der Waals surface area contributed by atoms with Gasteiger partial charge in [0.25, 0.3) is 0 Å². The maximum atomic E-state index is 5.98. The number of aromatic nitrogens is 4. The van der Waals surface area contributed by atoms with Crippen LogP contribution in [0.2, 0.25) is 5.02 Å². The lowest BCUT2D eigenvalue weighted by molar-refractivity contribution is 0.199. The topological polar surface area (TPSA) is 46.3 Å². The number of piperidine rings is 1. The summed E-state index contributed by atoms with van der Waals surface area (Å²) in [4.78, 5) is 7.31. The lowest BCUT2D eigenvalue weighted by atomic mass is 9.96. The average Bonchev–Trinajstić information content (AvgIpc) is 3.36. The minimum atomic E-state index is 0.466. The molecule has 0 atom stereocenters. The molecule has 1 saturated heterocycles. The van der Waals surface area contributed by atoms with Crippen molar-refractivity contribution in [2.24, 2.45) is 0 Å². The van der Waals surface area contributed by atoms with Gasteiger partial charge in [0, 0.05) is 34.6 Å². The van der Waals surface area contributed by atoms with Crippen LogP contribution in [0.3, 0.4) is 0 Å². The lowest BCUT2D eigenvalue weighted by Gasteiger charge is -2.30. The van der Waals surface area contributed by atoms with Crippen LogP contribution >= 0.6 is 22.9 Å². The molecule has 142 valence electrons. The van der Waals surface area contributed by atoms with Crippen LogP contribution in [0, 0.1) is 0 Å². The van der Waals surface area contributed by atoms with Gasteiger partial charge in [-0.05, 0) is 50.2 Å². The first-order valence-corrected chi connectivity index (χ1v) is 10.7. The highest BCUT2D eigenvalue weighted by molar-refractivity contribution is 7.13. The zero-order chi connectivity index (χ0) is 18.9. The number of rotatable bonds is 4. The molecule has 0 radical (unpaired) electrons. The van der Waals surface area contributed by atoms with E-state index in [0.717, 1.165) is 65.2 Å². The SMILES string of the molecule is Clc1ccc(-c2nc(CN3CCC(c4nnc5ccccn45)CC3)cs2)cc1. The number of pyridine rings is 1. The Labute approximate surface area is 172 Å². The minimum Gasteiger partial charge on any atom is -0.297 e. The van der Waals surface area contributed by atoms with Gasteiger partial charge in [0.1, 0.15) is 10.8 Å². The van der Waals surface area contributed by atoms with E-state index in [0.29, 0.717) is 5.92 Å². The Morgan fingerprint density at radius 2 is 1.86 bits per heavy atom. The highest BCUT2D eigenvalue weighted by Crippen LogP contribution is 2.29. The van der Waals surface area contributed by atoms with Crippen molar-refractivity contribution in [3.05, 3.63) is 70.6 Å². The Hall–Kier alpha value is -2.28. The normalized spacial score (nSPS) is 16.0. The molecule has 0 saturated carbocycles. The first-order chi connectivity index (χ1) is 13.8. The van der Waals surface area contributed by atoms with Crippen LogP contribution in [0.4, 0.5) is 0 Å². The zero-order valence-corrected chi connectivity index (χ0v) is 16.9. The van der Waals surface area contributed by atoms with E-state index in [1.165, 1.54) is 0 Å². The van der Waals surface area contributed by atoms with Gasteiger partial charge in [0.15, 0.2) is 5.65 Å². The van der Waals surface area contributed by atoms with E-state index in [9.17, 15) is 0 Å². The highest BCUT2D eigenvalue weighted by Gasteiger charge is 2.24. The fraction of sp³-hybridized carbons (Fsp3) is 0.286. The highest BCUT2D eigenvalue weighted by atomic mass is 35.5. The van der Waals surface area contributed by atoms with Gasteiger partial charge in [-0.1, -0.05) is 29.8 Å². The van der Waals surface area contributed by atoms with Crippen molar-refractivity contribution in [2.75, 3.05) is 13.1 Å². The van der Waals surface area contributed by atoms with Crippen LogP contribution in [0.1, 0.15) is 30.3 Å². The van der Waals surface area contributed by atoms with E-state index < -0.39 is 0 Å². The number of benzene rings is 1. The van der Waals surface area contributed by atoms with E-state index in [-0.39, 0.29) is 0 Å². The molecule has 5 rings (SSSR count). The van der Waals surface area contributed by atoms with E-state index in [2.05, 4.69) is 31.1 Å². The summed E-state index contributed by atoms with van der Waals surface area (Å²) >= 11 is 7.68. The van der Waals surface area contributed by atoms with Gasteiger partial charge in [0.05, 0.1) is 5.69 Å². The molecule has 0 unspecified atom stereocenters. The Morgan fingerprint density at radius 1 is 1.04 bits per heavy atom. The first-order valence-electron chi connectivity index (χ1n) is 9.48. The van der Waals surface area contributed by atoms with Crippen molar-refractivity contribution in [1.82, 2.24) is 24.5 Å². The summed E-state index contributed by atoms with van der Waals surface area (Å²) in [6.07, 6.45) is 4.26. The molecule has 1 aliphatic heterocycles. The smallest absolute Gasteiger partial charge is 0.160 e. The molecule has 1 aliphatic rings. The molecule has 4 aromatic rings. The maximum Gasteiger partial charge on any atom is 0.160 e. The van der Waals surface area contributed by atoms with Crippen LogP contribution in [-0.4, -0.2) is 37.6 Å². The van der Waals surface area contributed by atoms with E-state index in [1.54, 1.807) is 11.3 Å². The largest absolute Gasteiger partial charge is 0.297 e. The van der Waals surface area contributed by atoms with Crippen LogP contribution in [0.5, 0.6) is 0 Å². The van der Waals surface area contributed by atoms with Crippen molar-refractivity contribution in [3.63, 3.8) is 0 Å². The molecule has 5 nitrogen and oxygen atoms in total. The van der Waals surface area contributed by atoms with Gasteiger partial charge in [-0.3, -0.25) is 9.30 Å². The molecule has 0 aliphatic carbocycles. The number of halogens is 1. The molecule has 1 fully saturated rings. The van der Waals surface area contributed by atoms with Gasteiger partial charge in [0.2, 0.25) is 0 Å². The maximum absolute atomic E-state index is 5.98. The Balaban J connectivity index is 1.22. The number of hydrogen-bond acceptors (Lipinski definition) is 5. The summed E-state index contributed by atoms with van der Waals surface area (Å²) in [5.41, 5.74) is 3.19. The predicted octanol–water partition coefficient (Wildman–Crippen LogP) is 4.89. The Kier molecular flexibility index (Phi) is 4.84. The van der Waals surface area contributed by atoms with E-state index in [1.807, 2.05) is 42.5 Å². The molecular formula is C21H20ClN5S. The number of likely N-dealkylation sites (tertiary alicyclic amines) is 1. The second-order valence-electron chi connectivity index (χ2n) is 7.19. The third-order valence-corrected chi connectivity index (χ3v) is 6.51. The molecule has 4 heterocycles. The first kappa shape index (κ1) is 17.8. The Bertz CT molecular complexity index is 1080.